The summed E-state index contributed by atoms with van der Waals surface area (Å²) in [5.41, 5.74) is 1.14. The second kappa shape index (κ2) is 5.75. The van der Waals surface area contributed by atoms with Gasteiger partial charge in [0.05, 0.1) is 18.4 Å². The molecule has 1 aromatic carbocycles. The second-order valence-corrected chi connectivity index (χ2v) is 5.00. The highest BCUT2D eigenvalue weighted by atomic mass is 32.1. The van der Waals surface area contributed by atoms with Crippen molar-refractivity contribution in [3.63, 3.8) is 0 Å². The largest absolute Gasteiger partial charge is 0.507 e. The van der Waals surface area contributed by atoms with E-state index in [1.165, 1.54) is 24.5 Å². The summed E-state index contributed by atoms with van der Waals surface area (Å²) in [6.07, 6.45) is 0. The molecule has 20 heavy (non-hydrogen) atoms. The fourth-order valence-electron chi connectivity index (χ4n) is 1.69. The van der Waals surface area contributed by atoms with E-state index in [0.29, 0.717) is 16.1 Å². The lowest BCUT2D eigenvalue weighted by molar-refractivity contribution is 0.0607. The van der Waals surface area contributed by atoms with Gasteiger partial charge in [-0.05, 0) is 30.0 Å². The van der Waals surface area contributed by atoms with Gasteiger partial charge in [0.15, 0.2) is 0 Å². The van der Waals surface area contributed by atoms with Crippen LogP contribution in [-0.4, -0.2) is 24.1 Å². The van der Waals surface area contributed by atoms with Gasteiger partial charge in [0.2, 0.25) is 0 Å². The lowest BCUT2D eigenvalue weighted by Crippen LogP contribution is -2.14. The molecule has 1 aromatic heterocycles. The van der Waals surface area contributed by atoms with Crippen LogP contribution in [0.4, 0.5) is 5.69 Å². The second-order valence-electron chi connectivity index (χ2n) is 4.08. The molecule has 0 radical (unpaired) electrons. The third kappa shape index (κ3) is 2.65. The van der Waals surface area contributed by atoms with Crippen molar-refractivity contribution >= 4 is 28.9 Å². The quantitative estimate of drug-likeness (QED) is 0.853. The van der Waals surface area contributed by atoms with E-state index in [1.807, 2.05) is 0 Å². The van der Waals surface area contributed by atoms with Crippen LogP contribution in [0, 0.1) is 6.92 Å². The van der Waals surface area contributed by atoms with Crippen LogP contribution in [0.1, 0.15) is 25.6 Å². The Morgan fingerprint density at radius 3 is 2.75 bits per heavy atom. The minimum atomic E-state index is -0.510. The molecule has 0 saturated carbocycles. The zero-order valence-electron chi connectivity index (χ0n) is 11.0. The maximum atomic E-state index is 12.1. The van der Waals surface area contributed by atoms with Gasteiger partial charge in [-0.3, -0.25) is 4.79 Å². The number of amides is 1. The zero-order valence-corrected chi connectivity index (χ0v) is 11.8. The number of esters is 1. The molecule has 2 rings (SSSR count). The molecule has 0 aliphatic carbocycles. The molecule has 1 amide bonds. The number of aromatic hydroxyl groups is 1. The highest BCUT2D eigenvalue weighted by Gasteiger charge is 2.18. The van der Waals surface area contributed by atoms with Crippen molar-refractivity contribution in [3.05, 3.63) is 45.6 Å². The summed E-state index contributed by atoms with van der Waals surface area (Å²) in [5, 5.41) is 14.2. The fourth-order valence-corrected chi connectivity index (χ4v) is 2.46. The Balaban J connectivity index is 2.27. The number of nitrogens with one attached hydrogen (secondary N) is 1. The molecule has 2 aromatic rings. The molecule has 0 aliphatic heterocycles. The normalized spacial score (nSPS) is 10.1. The molecule has 5 nitrogen and oxygen atoms in total. The molecular weight excluding hydrogens is 278 g/mol. The van der Waals surface area contributed by atoms with Crippen molar-refractivity contribution in [3.8, 4) is 5.75 Å². The molecule has 104 valence electrons. The number of benzene rings is 1. The van der Waals surface area contributed by atoms with Crippen LogP contribution < -0.4 is 5.32 Å². The molecule has 2 N–H and O–H groups in total. The predicted molar refractivity (Wildman–Crippen MR) is 76.5 cm³/mol. The van der Waals surface area contributed by atoms with Gasteiger partial charge in [0, 0.05) is 0 Å². The van der Waals surface area contributed by atoms with Crippen LogP contribution in [0.15, 0.2) is 29.6 Å². The molecule has 0 bridgehead atoms. The van der Waals surface area contributed by atoms with Crippen LogP contribution in [-0.2, 0) is 4.74 Å². The molecule has 0 unspecified atom stereocenters. The van der Waals surface area contributed by atoms with E-state index in [9.17, 15) is 14.7 Å². The summed E-state index contributed by atoms with van der Waals surface area (Å²) in [6, 6.07) is 6.51. The van der Waals surface area contributed by atoms with E-state index < -0.39 is 11.9 Å². The number of thiophene rings is 1. The Labute approximate surface area is 119 Å². The van der Waals surface area contributed by atoms with Crippen LogP contribution in [0.3, 0.4) is 0 Å². The van der Waals surface area contributed by atoms with Crippen molar-refractivity contribution in [1.29, 1.82) is 0 Å². The van der Waals surface area contributed by atoms with Crippen molar-refractivity contribution in [2.75, 3.05) is 12.4 Å². The zero-order chi connectivity index (χ0) is 14.7. The van der Waals surface area contributed by atoms with Crippen molar-refractivity contribution < 1.29 is 19.4 Å². The van der Waals surface area contributed by atoms with Gasteiger partial charge in [0.25, 0.3) is 5.91 Å². The number of carbonyl (C=O) groups excluding carboxylic acids is 2. The lowest BCUT2D eigenvalue weighted by atomic mass is 10.1. The maximum Gasteiger partial charge on any atom is 0.350 e. The Bertz CT molecular complexity index is 663. The van der Waals surface area contributed by atoms with E-state index in [2.05, 4.69) is 10.1 Å². The van der Waals surface area contributed by atoms with Crippen molar-refractivity contribution in [1.82, 2.24) is 0 Å². The number of phenolic OH excluding ortho intramolecular Hbond substituents is 1. The third-order valence-electron chi connectivity index (χ3n) is 2.77. The Kier molecular flexibility index (Phi) is 4.05. The van der Waals surface area contributed by atoms with Gasteiger partial charge in [-0.1, -0.05) is 12.1 Å². The monoisotopic (exact) mass is 291 g/mol. The Hall–Kier alpha value is -2.34. The molecule has 0 saturated heterocycles. The van der Waals surface area contributed by atoms with E-state index in [0.717, 1.165) is 0 Å². The number of methoxy groups -OCH3 is 1. The summed E-state index contributed by atoms with van der Waals surface area (Å²) in [6.45, 7) is 1.70. The standard InChI is InChI=1S/C14H13NO4S/c1-8-4-3-5-9(11(8)16)13(17)15-10-6-7-20-12(10)14(18)19-2/h3-7,16H,1-2H3,(H,15,17). The molecular formula is C14H13NO4S. The number of anilines is 1. The first-order chi connectivity index (χ1) is 9.54. The van der Waals surface area contributed by atoms with Gasteiger partial charge in [0.1, 0.15) is 10.6 Å². The van der Waals surface area contributed by atoms with E-state index in [-0.39, 0.29) is 11.3 Å². The van der Waals surface area contributed by atoms with Gasteiger partial charge < -0.3 is 15.2 Å². The number of para-hydroxylation sites is 1. The molecule has 0 spiro atoms. The number of ether oxygens (including phenoxy) is 1. The predicted octanol–water partition coefficient (Wildman–Crippen LogP) is 2.80. The maximum absolute atomic E-state index is 12.1. The van der Waals surface area contributed by atoms with Gasteiger partial charge >= 0.3 is 5.97 Å². The number of carbonyl (C=O) groups is 2. The Morgan fingerprint density at radius 2 is 2.05 bits per heavy atom. The Morgan fingerprint density at radius 1 is 1.30 bits per heavy atom. The van der Waals surface area contributed by atoms with E-state index in [4.69, 9.17) is 0 Å². The minimum Gasteiger partial charge on any atom is -0.507 e. The first kappa shape index (κ1) is 14.1. The fraction of sp³-hybridized carbons (Fsp3) is 0.143. The highest BCUT2D eigenvalue weighted by Crippen LogP contribution is 2.26. The van der Waals surface area contributed by atoms with E-state index >= 15 is 0 Å². The third-order valence-corrected chi connectivity index (χ3v) is 3.66. The number of rotatable bonds is 3. The molecule has 0 fully saturated rings. The highest BCUT2D eigenvalue weighted by molar-refractivity contribution is 7.12. The average molecular weight is 291 g/mol. The summed E-state index contributed by atoms with van der Waals surface area (Å²) in [5.74, 6) is -1.06. The summed E-state index contributed by atoms with van der Waals surface area (Å²) in [7, 11) is 1.28. The van der Waals surface area contributed by atoms with Crippen LogP contribution in [0.2, 0.25) is 0 Å². The van der Waals surface area contributed by atoms with Gasteiger partial charge in [-0.15, -0.1) is 11.3 Å². The molecule has 0 aliphatic rings. The SMILES string of the molecule is COC(=O)c1sccc1NC(=O)c1cccc(C)c1O. The number of aryl methyl sites for hydroxylation is 1. The van der Waals surface area contributed by atoms with Crippen molar-refractivity contribution in [2.45, 2.75) is 6.92 Å². The number of phenols is 1. The van der Waals surface area contributed by atoms with Gasteiger partial charge in [-0.25, -0.2) is 4.79 Å². The smallest absolute Gasteiger partial charge is 0.350 e. The molecule has 1 heterocycles. The first-order valence-corrected chi connectivity index (χ1v) is 6.68. The summed E-state index contributed by atoms with van der Waals surface area (Å²) >= 11 is 1.17. The van der Waals surface area contributed by atoms with Crippen LogP contribution in [0.25, 0.3) is 0 Å². The van der Waals surface area contributed by atoms with Gasteiger partial charge in [-0.2, -0.15) is 0 Å². The summed E-state index contributed by atoms with van der Waals surface area (Å²) in [4.78, 5) is 24.0. The van der Waals surface area contributed by atoms with E-state index in [1.54, 1.807) is 30.5 Å². The lowest BCUT2D eigenvalue weighted by Gasteiger charge is -2.08. The number of hydrogen-bond acceptors (Lipinski definition) is 5. The van der Waals surface area contributed by atoms with Crippen molar-refractivity contribution in [2.24, 2.45) is 0 Å². The molecule has 0 atom stereocenters. The number of hydrogen-bond donors (Lipinski definition) is 2. The average Bonchev–Trinajstić information content (AvgIpc) is 2.89. The topological polar surface area (TPSA) is 75.6 Å². The summed E-state index contributed by atoms with van der Waals surface area (Å²) < 4.78 is 4.64. The minimum absolute atomic E-state index is 0.0696. The molecule has 6 heteroatoms. The van der Waals surface area contributed by atoms with Crippen LogP contribution >= 0.6 is 11.3 Å². The first-order valence-electron chi connectivity index (χ1n) is 5.80. The van der Waals surface area contributed by atoms with Crippen LogP contribution in [0.5, 0.6) is 5.75 Å².